The highest BCUT2D eigenvalue weighted by atomic mass is 35.5. The van der Waals surface area contributed by atoms with E-state index in [1.165, 1.54) is 0 Å². The number of carbonyl (C=O) groups is 1. The second-order valence-corrected chi connectivity index (χ2v) is 4.85. The Morgan fingerprint density at radius 3 is 2.59 bits per heavy atom. The number of aryl methyl sites for hydroxylation is 2. The van der Waals surface area contributed by atoms with Gasteiger partial charge in [0.2, 0.25) is 0 Å². The Morgan fingerprint density at radius 1 is 1.47 bits per heavy atom. The molecule has 1 amide bonds. The molecule has 1 atom stereocenters. The van der Waals surface area contributed by atoms with E-state index in [9.17, 15) is 4.79 Å². The number of amides is 1. The van der Waals surface area contributed by atoms with Crippen molar-refractivity contribution < 1.29 is 4.79 Å². The average Bonchev–Trinajstić information content (AvgIpc) is 2.28. The molecule has 0 spiro atoms. The van der Waals surface area contributed by atoms with Crippen LogP contribution in [-0.4, -0.2) is 22.3 Å². The number of alkyl halides is 1. The monoisotopic (exact) mass is 254 g/mol. The van der Waals surface area contributed by atoms with Crippen molar-refractivity contribution in [2.45, 2.75) is 39.7 Å². The smallest absolute Gasteiger partial charge is 0.253 e. The summed E-state index contributed by atoms with van der Waals surface area (Å²) in [6, 6.07) is 3.64. The molecule has 0 saturated carbocycles. The SMILES string of the molecule is CCC(C)(CCl)NC(=O)c1ccc(C)nc1C. The van der Waals surface area contributed by atoms with Gasteiger partial charge in [-0.3, -0.25) is 9.78 Å². The van der Waals surface area contributed by atoms with Crippen LogP contribution >= 0.6 is 11.6 Å². The van der Waals surface area contributed by atoms with Crippen LogP contribution in [0.3, 0.4) is 0 Å². The molecule has 1 heterocycles. The van der Waals surface area contributed by atoms with Gasteiger partial charge >= 0.3 is 0 Å². The molecule has 17 heavy (non-hydrogen) atoms. The third-order valence-electron chi connectivity index (χ3n) is 2.96. The minimum atomic E-state index is -0.365. The average molecular weight is 255 g/mol. The maximum absolute atomic E-state index is 12.1. The zero-order chi connectivity index (χ0) is 13.1. The molecule has 0 aliphatic carbocycles. The van der Waals surface area contributed by atoms with E-state index in [0.29, 0.717) is 11.4 Å². The van der Waals surface area contributed by atoms with Crippen LogP contribution in [0.25, 0.3) is 0 Å². The molecule has 0 aliphatic heterocycles. The first-order valence-corrected chi connectivity index (χ1v) is 6.28. The van der Waals surface area contributed by atoms with Gasteiger partial charge < -0.3 is 5.32 Å². The first-order chi connectivity index (χ1) is 7.91. The lowest BCUT2D eigenvalue weighted by molar-refractivity contribution is 0.0911. The molecule has 1 aromatic rings. The molecule has 1 unspecified atom stereocenters. The summed E-state index contributed by atoms with van der Waals surface area (Å²) >= 11 is 5.88. The van der Waals surface area contributed by atoms with E-state index in [1.807, 2.05) is 33.8 Å². The second kappa shape index (κ2) is 5.50. The Balaban J connectivity index is 2.90. The third-order valence-corrected chi connectivity index (χ3v) is 3.55. The van der Waals surface area contributed by atoms with Crippen LogP contribution in [-0.2, 0) is 0 Å². The Labute approximate surface area is 108 Å². The van der Waals surface area contributed by atoms with E-state index >= 15 is 0 Å². The van der Waals surface area contributed by atoms with E-state index in [0.717, 1.165) is 17.8 Å². The van der Waals surface area contributed by atoms with Crippen molar-refractivity contribution in [2.75, 3.05) is 5.88 Å². The Kier molecular flexibility index (Phi) is 4.52. The van der Waals surface area contributed by atoms with Gasteiger partial charge in [0.1, 0.15) is 0 Å². The summed E-state index contributed by atoms with van der Waals surface area (Å²) < 4.78 is 0. The number of nitrogens with one attached hydrogen (secondary N) is 1. The molecule has 4 heteroatoms. The molecule has 0 aromatic carbocycles. The van der Waals surface area contributed by atoms with E-state index in [-0.39, 0.29) is 11.4 Å². The summed E-state index contributed by atoms with van der Waals surface area (Å²) in [7, 11) is 0. The topological polar surface area (TPSA) is 42.0 Å². The fourth-order valence-corrected chi connectivity index (χ4v) is 1.74. The van der Waals surface area contributed by atoms with Gasteiger partial charge in [-0.25, -0.2) is 0 Å². The zero-order valence-electron chi connectivity index (χ0n) is 10.8. The zero-order valence-corrected chi connectivity index (χ0v) is 11.6. The highest BCUT2D eigenvalue weighted by molar-refractivity contribution is 6.18. The van der Waals surface area contributed by atoms with Gasteiger partial charge in [-0.2, -0.15) is 0 Å². The molecule has 1 aromatic heterocycles. The first-order valence-electron chi connectivity index (χ1n) is 5.74. The number of rotatable bonds is 4. The van der Waals surface area contributed by atoms with Gasteiger partial charge in [0.15, 0.2) is 0 Å². The highest BCUT2D eigenvalue weighted by Crippen LogP contribution is 2.14. The van der Waals surface area contributed by atoms with Gasteiger partial charge in [0.25, 0.3) is 5.91 Å². The molecule has 0 saturated heterocycles. The summed E-state index contributed by atoms with van der Waals surface area (Å²) in [5.41, 5.74) is 1.90. The number of carbonyl (C=O) groups excluding carboxylic acids is 1. The fourth-order valence-electron chi connectivity index (χ4n) is 1.48. The van der Waals surface area contributed by atoms with Gasteiger partial charge in [0.05, 0.1) is 16.8 Å². The normalized spacial score (nSPS) is 14.2. The van der Waals surface area contributed by atoms with E-state index in [4.69, 9.17) is 11.6 Å². The lowest BCUT2D eigenvalue weighted by atomic mass is 10.0. The number of hydrogen-bond donors (Lipinski definition) is 1. The van der Waals surface area contributed by atoms with Crippen molar-refractivity contribution in [3.8, 4) is 0 Å². The lowest BCUT2D eigenvalue weighted by Gasteiger charge is -2.27. The molecule has 0 radical (unpaired) electrons. The Morgan fingerprint density at radius 2 is 2.12 bits per heavy atom. The minimum Gasteiger partial charge on any atom is -0.346 e. The van der Waals surface area contributed by atoms with Crippen LogP contribution in [0.2, 0.25) is 0 Å². The van der Waals surface area contributed by atoms with Crippen molar-refractivity contribution in [1.82, 2.24) is 10.3 Å². The van der Waals surface area contributed by atoms with Crippen LogP contribution in [0.15, 0.2) is 12.1 Å². The molecule has 1 N–H and O–H groups in total. The maximum atomic E-state index is 12.1. The van der Waals surface area contributed by atoms with Crippen molar-refractivity contribution in [1.29, 1.82) is 0 Å². The van der Waals surface area contributed by atoms with Crippen LogP contribution in [0, 0.1) is 13.8 Å². The number of nitrogens with zero attached hydrogens (tertiary/aromatic N) is 1. The Hall–Kier alpha value is -1.09. The predicted octanol–water partition coefficient (Wildman–Crippen LogP) is 2.84. The standard InChI is InChI=1S/C13H19ClN2O/c1-5-13(4,8-14)16-12(17)11-7-6-9(2)15-10(11)3/h6-7H,5,8H2,1-4H3,(H,16,17). The molecule has 3 nitrogen and oxygen atoms in total. The quantitative estimate of drug-likeness (QED) is 0.840. The largest absolute Gasteiger partial charge is 0.346 e. The predicted molar refractivity (Wildman–Crippen MR) is 70.6 cm³/mol. The second-order valence-electron chi connectivity index (χ2n) is 4.59. The van der Waals surface area contributed by atoms with Crippen LogP contribution < -0.4 is 5.32 Å². The van der Waals surface area contributed by atoms with E-state index in [2.05, 4.69) is 10.3 Å². The van der Waals surface area contributed by atoms with Gasteiger partial charge in [-0.15, -0.1) is 11.6 Å². The third kappa shape index (κ3) is 3.43. The van der Waals surface area contributed by atoms with Crippen LogP contribution in [0.5, 0.6) is 0 Å². The summed E-state index contributed by atoms with van der Waals surface area (Å²) in [5, 5.41) is 2.96. The summed E-state index contributed by atoms with van der Waals surface area (Å²) in [5.74, 6) is 0.285. The Bertz CT molecular complexity index is 414. The lowest BCUT2D eigenvalue weighted by Crippen LogP contribution is -2.47. The molecule has 0 fully saturated rings. The number of halogens is 1. The minimum absolute atomic E-state index is 0.111. The van der Waals surface area contributed by atoms with Gasteiger partial charge in [0, 0.05) is 11.6 Å². The molecule has 0 bridgehead atoms. The van der Waals surface area contributed by atoms with E-state index < -0.39 is 0 Å². The van der Waals surface area contributed by atoms with E-state index in [1.54, 1.807) is 6.07 Å². The number of hydrogen-bond acceptors (Lipinski definition) is 2. The number of pyridine rings is 1. The van der Waals surface area contributed by atoms with Crippen molar-refractivity contribution >= 4 is 17.5 Å². The van der Waals surface area contributed by atoms with Crippen molar-refractivity contribution in [2.24, 2.45) is 0 Å². The summed E-state index contributed by atoms with van der Waals surface area (Å²) in [4.78, 5) is 16.4. The summed E-state index contributed by atoms with van der Waals surface area (Å²) in [6.45, 7) is 7.69. The van der Waals surface area contributed by atoms with Crippen LogP contribution in [0.1, 0.15) is 42.0 Å². The molecular weight excluding hydrogens is 236 g/mol. The molecule has 94 valence electrons. The molecular formula is C13H19ClN2O. The highest BCUT2D eigenvalue weighted by Gasteiger charge is 2.24. The number of aromatic nitrogens is 1. The molecule has 1 rings (SSSR count). The van der Waals surface area contributed by atoms with Gasteiger partial charge in [-0.1, -0.05) is 6.92 Å². The molecule has 0 aliphatic rings. The maximum Gasteiger partial charge on any atom is 0.253 e. The van der Waals surface area contributed by atoms with Crippen LogP contribution in [0.4, 0.5) is 0 Å². The van der Waals surface area contributed by atoms with Crippen molar-refractivity contribution in [3.05, 3.63) is 29.1 Å². The summed E-state index contributed by atoms with van der Waals surface area (Å²) in [6.07, 6.45) is 0.792. The van der Waals surface area contributed by atoms with Crippen molar-refractivity contribution in [3.63, 3.8) is 0 Å². The fraction of sp³-hybridized carbons (Fsp3) is 0.538. The first kappa shape index (κ1) is 14.0. The van der Waals surface area contributed by atoms with Gasteiger partial charge in [-0.05, 0) is 39.3 Å².